The van der Waals surface area contributed by atoms with Gasteiger partial charge >= 0.3 is 0 Å². The van der Waals surface area contributed by atoms with E-state index in [2.05, 4.69) is 17.1 Å². The van der Waals surface area contributed by atoms with Gasteiger partial charge in [0.25, 0.3) is 5.91 Å². The van der Waals surface area contributed by atoms with Gasteiger partial charge < -0.3 is 24.6 Å². The van der Waals surface area contributed by atoms with Crippen LogP contribution in [0.25, 0.3) is 11.1 Å². The van der Waals surface area contributed by atoms with E-state index in [0.29, 0.717) is 30.9 Å². The number of amides is 1. The molecule has 1 amide bonds. The van der Waals surface area contributed by atoms with E-state index in [0.717, 1.165) is 35.3 Å². The number of carbonyl (C=O) groups excluding carboxylic acids is 1. The zero-order valence-corrected chi connectivity index (χ0v) is 26.6. The van der Waals surface area contributed by atoms with E-state index < -0.39 is 46.8 Å². The first kappa shape index (κ1) is 34.7. The van der Waals surface area contributed by atoms with Crippen molar-refractivity contribution in [1.82, 2.24) is 10.2 Å². The number of aliphatic hydroxyl groups excluding tert-OH is 1. The first-order valence-electron chi connectivity index (χ1n) is 15.9. The molecule has 6 rings (SSSR count). The molecule has 12 heteroatoms. The second-order valence-electron chi connectivity index (χ2n) is 12.1. The van der Waals surface area contributed by atoms with Crippen molar-refractivity contribution in [3.63, 3.8) is 0 Å². The van der Waals surface area contributed by atoms with E-state index in [4.69, 9.17) is 14.2 Å². The van der Waals surface area contributed by atoms with Crippen LogP contribution in [0.2, 0.25) is 0 Å². The fourth-order valence-corrected chi connectivity index (χ4v) is 6.21. The third kappa shape index (κ3) is 7.38. The van der Waals surface area contributed by atoms with Crippen LogP contribution in [0.1, 0.15) is 51.9 Å². The van der Waals surface area contributed by atoms with Crippen LogP contribution < -0.4 is 5.32 Å². The van der Waals surface area contributed by atoms with Gasteiger partial charge in [-0.25, -0.2) is 22.0 Å². The molecule has 2 heterocycles. The number of aliphatic hydroxyl groups is 1. The van der Waals surface area contributed by atoms with Crippen LogP contribution in [0.4, 0.5) is 22.0 Å². The van der Waals surface area contributed by atoms with E-state index >= 15 is 0 Å². The topological polar surface area (TPSA) is 80.3 Å². The Morgan fingerprint density at radius 2 is 1.43 bits per heavy atom. The van der Waals surface area contributed by atoms with E-state index in [1.807, 2.05) is 48.5 Å². The van der Waals surface area contributed by atoms with Gasteiger partial charge in [-0.2, -0.15) is 0 Å². The first-order valence-corrected chi connectivity index (χ1v) is 15.9. The van der Waals surface area contributed by atoms with E-state index in [-0.39, 0.29) is 31.3 Å². The van der Waals surface area contributed by atoms with Gasteiger partial charge in [-0.05, 0) is 27.8 Å². The van der Waals surface area contributed by atoms with Gasteiger partial charge in [0.05, 0.1) is 32.0 Å². The van der Waals surface area contributed by atoms with Crippen molar-refractivity contribution in [1.29, 1.82) is 0 Å². The average molecular weight is 683 g/mol. The lowest BCUT2D eigenvalue weighted by Crippen LogP contribution is -2.47. The molecular weight excluding hydrogens is 647 g/mol. The van der Waals surface area contributed by atoms with Crippen LogP contribution in [0.5, 0.6) is 0 Å². The van der Waals surface area contributed by atoms with E-state index in [1.54, 1.807) is 24.3 Å². The summed E-state index contributed by atoms with van der Waals surface area (Å²) in [5.41, 5.74) is 2.98. The van der Waals surface area contributed by atoms with Crippen LogP contribution in [0, 0.1) is 35.0 Å². The average Bonchev–Trinajstić information content (AvgIpc) is 3.14. The zero-order valence-electron chi connectivity index (χ0n) is 26.6. The Kier molecular flexibility index (Phi) is 10.7. The van der Waals surface area contributed by atoms with Crippen molar-refractivity contribution < 1.29 is 46.1 Å². The van der Waals surface area contributed by atoms with Gasteiger partial charge in [-0.1, -0.05) is 79.7 Å². The Morgan fingerprint density at radius 1 is 0.816 bits per heavy atom. The molecule has 0 radical (unpaired) electrons. The Balaban J connectivity index is 1.21. The van der Waals surface area contributed by atoms with Gasteiger partial charge in [-0.3, -0.25) is 9.69 Å². The molecule has 0 saturated carbocycles. The molecule has 4 aromatic carbocycles. The number of rotatable bonds is 9. The molecule has 49 heavy (non-hydrogen) atoms. The van der Waals surface area contributed by atoms with Crippen molar-refractivity contribution in [2.45, 2.75) is 38.6 Å². The lowest BCUT2D eigenvalue weighted by molar-refractivity contribution is -0.277. The largest absolute Gasteiger partial charge is 0.392 e. The van der Waals surface area contributed by atoms with Crippen LogP contribution in [0.3, 0.4) is 0 Å². The third-order valence-electron chi connectivity index (χ3n) is 9.05. The number of nitrogens with zero attached hydrogens (tertiary/aromatic N) is 1. The van der Waals surface area contributed by atoms with Crippen molar-refractivity contribution in [3.8, 4) is 11.1 Å². The summed E-state index contributed by atoms with van der Waals surface area (Å²) >= 11 is 0. The molecule has 0 aliphatic carbocycles. The van der Waals surface area contributed by atoms with Gasteiger partial charge in [-0.15, -0.1) is 0 Å². The Morgan fingerprint density at radius 3 is 2.08 bits per heavy atom. The number of halogens is 5. The first-order chi connectivity index (χ1) is 23.7. The van der Waals surface area contributed by atoms with Gasteiger partial charge in [0, 0.05) is 37.7 Å². The van der Waals surface area contributed by atoms with Crippen LogP contribution in [-0.4, -0.2) is 54.9 Å². The minimum absolute atomic E-state index is 0.0188. The minimum atomic E-state index is -2.33. The maximum atomic E-state index is 14.2. The minimum Gasteiger partial charge on any atom is -0.392 e. The molecule has 2 aliphatic rings. The van der Waals surface area contributed by atoms with Gasteiger partial charge in [0.15, 0.2) is 29.6 Å². The summed E-state index contributed by atoms with van der Waals surface area (Å²) in [4.78, 5) is 14.9. The van der Waals surface area contributed by atoms with E-state index in [1.165, 1.54) is 0 Å². The highest BCUT2D eigenvalue weighted by atomic mass is 19.2. The highest BCUT2D eigenvalue weighted by Crippen LogP contribution is 2.42. The van der Waals surface area contributed by atoms with Crippen molar-refractivity contribution in [2.24, 2.45) is 5.92 Å². The fourth-order valence-electron chi connectivity index (χ4n) is 6.21. The number of hydrogen-bond donors (Lipinski definition) is 2. The molecule has 0 bridgehead atoms. The standard InChI is InChI=1S/C37H35F5N2O5/c1-21-28(19-44-14-16-47-17-15-44)48-37(49-35(21)24-8-6-22(20-45)7-9-24)25-12-10-23(11-13-25)27-5-3-2-4-26(27)18-43-36(46)29-30(38)32(40)34(42)33(41)31(29)39/h2-13,21,28,35,37,45H,14-20H2,1H3,(H,43,46). The molecule has 4 unspecified atom stereocenters. The summed E-state index contributed by atoms with van der Waals surface area (Å²) in [6.45, 7) is 5.46. The second-order valence-corrected chi connectivity index (χ2v) is 12.1. The molecule has 7 nitrogen and oxygen atoms in total. The van der Waals surface area contributed by atoms with Crippen molar-refractivity contribution >= 4 is 5.91 Å². The van der Waals surface area contributed by atoms with Crippen molar-refractivity contribution in [3.05, 3.63) is 130 Å². The fraction of sp³-hybridized carbons (Fsp3) is 0.324. The number of carbonyl (C=O) groups is 1. The highest BCUT2D eigenvalue weighted by molar-refractivity contribution is 5.95. The highest BCUT2D eigenvalue weighted by Gasteiger charge is 2.39. The molecule has 2 saturated heterocycles. The Hall–Kier alpha value is -4.20. The van der Waals surface area contributed by atoms with Crippen LogP contribution >= 0.6 is 0 Å². The summed E-state index contributed by atoms with van der Waals surface area (Å²) in [5.74, 6) is -12.5. The normalized spacial score (nSPS) is 21.4. The SMILES string of the molecule is CC1C(CN2CCOCC2)OC(c2ccc(-c3ccccc3CNC(=O)c3c(F)c(F)c(F)c(F)c3F)cc2)OC1c1ccc(CO)cc1. The molecule has 2 N–H and O–H groups in total. The summed E-state index contributed by atoms with van der Waals surface area (Å²) in [7, 11) is 0. The summed E-state index contributed by atoms with van der Waals surface area (Å²) < 4.78 is 87.9. The number of hydrogen-bond acceptors (Lipinski definition) is 6. The lowest BCUT2D eigenvalue weighted by atomic mass is 9.90. The molecule has 0 spiro atoms. The molecule has 2 aliphatic heterocycles. The molecule has 4 aromatic rings. The Labute approximate surface area is 280 Å². The van der Waals surface area contributed by atoms with Gasteiger partial charge in [0.2, 0.25) is 5.82 Å². The zero-order chi connectivity index (χ0) is 34.7. The predicted molar refractivity (Wildman–Crippen MR) is 170 cm³/mol. The lowest BCUT2D eigenvalue weighted by Gasteiger charge is -2.43. The molecule has 2 fully saturated rings. The Bertz CT molecular complexity index is 1750. The molecular formula is C37H35F5N2O5. The quantitative estimate of drug-likeness (QED) is 0.118. The smallest absolute Gasteiger partial charge is 0.257 e. The van der Waals surface area contributed by atoms with Crippen molar-refractivity contribution in [2.75, 3.05) is 32.8 Å². The maximum absolute atomic E-state index is 14.2. The second kappa shape index (κ2) is 15.1. The van der Waals surface area contributed by atoms with E-state index in [9.17, 15) is 31.9 Å². The number of benzene rings is 4. The number of ether oxygens (including phenoxy) is 3. The maximum Gasteiger partial charge on any atom is 0.257 e. The van der Waals surface area contributed by atoms with Crippen LogP contribution in [-0.2, 0) is 27.4 Å². The summed E-state index contributed by atoms with van der Waals surface area (Å²) in [6.07, 6.45) is -1.12. The molecule has 258 valence electrons. The molecule has 0 aromatic heterocycles. The monoisotopic (exact) mass is 682 g/mol. The summed E-state index contributed by atoms with van der Waals surface area (Å²) in [5, 5.41) is 11.8. The predicted octanol–water partition coefficient (Wildman–Crippen LogP) is 6.60. The van der Waals surface area contributed by atoms with Crippen LogP contribution in [0.15, 0.2) is 72.8 Å². The number of nitrogens with one attached hydrogen (secondary N) is 1. The molecule has 4 atom stereocenters. The summed E-state index contributed by atoms with van der Waals surface area (Å²) in [6, 6.07) is 22.1. The third-order valence-corrected chi connectivity index (χ3v) is 9.05. The van der Waals surface area contributed by atoms with Gasteiger partial charge in [0.1, 0.15) is 5.56 Å². The number of morpholine rings is 1.